The third kappa shape index (κ3) is 5.82. The Morgan fingerprint density at radius 1 is 1.06 bits per heavy atom. The third-order valence-corrected chi connectivity index (χ3v) is 5.04. The van der Waals surface area contributed by atoms with E-state index in [9.17, 15) is 22.8 Å². The number of rotatable bonds is 8. The number of hydrogen-bond donors (Lipinski definition) is 3. The number of H-pyrrole nitrogens is 1. The van der Waals surface area contributed by atoms with Crippen molar-refractivity contribution in [1.29, 1.82) is 0 Å². The Labute approximate surface area is 189 Å². The first-order chi connectivity index (χ1) is 15.7. The fourth-order valence-corrected chi connectivity index (χ4v) is 3.58. The number of carbonyl (C=O) groups excluding carboxylic acids is 1. The first kappa shape index (κ1) is 24.1. The van der Waals surface area contributed by atoms with Crippen molar-refractivity contribution < 1.29 is 18.0 Å². The lowest BCUT2D eigenvalue weighted by Gasteiger charge is -2.26. The number of anilines is 2. The van der Waals surface area contributed by atoms with E-state index in [-0.39, 0.29) is 17.9 Å². The fourth-order valence-electron chi connectivity index (χ4n) is 3.58. The van der Waals surface area contributed by atoms with Crippen molar-refractivity contribution in [1.82, 2.24) is 15.3 Å². The summed E-state index contributed by atoms with van der Waals surface area (Å²) in [6, 6.07) is 8.36. The quantitative estimate of drug-likeness (QED) is 0.446. The Hall–Kier alpha value is -3.56. The number of alkyl halides is 3. The van der Waals surface area contributed by atoms with Crippen LogP contribution >= 0.6 is 0 Å². The van der Waals surface area contributed by atoms with Gasteiger partial charge in [0.2, 0.25) is 0 Å². The molecule has 0 atom stereocenters. The molecule has 176 valence electrons. The monoisotopic (exact) mass is 461 g/mol. The highest BCUT2D eigenvalue weighted by molar-refractivity contribution is 6.01. The second-order valence-electron chi connectivity index (χ2n) is 7.55. The van der Waals surface area contributed by atoms with Gasteiger partial charge in [-0.2, -0.15) is 13.2 Å². The summed E-state index contributed by atoms with van der Waals surface area (Å²) < 4.78 is 39.8. The molecule has 0 aliphatic rings. The van der Waals surface area contributed by atoms with E-state index >= 15 is 0 Å². The van der Waals surface area contributed by atoms with Crippen molar-refractivity contribution in [3.8, 4) is 0 Å². The number of fused-ring (bicyclic) bond motifs is 1. The van der Waals surface area contributed by atoms with E-state index in [2.05, 4.69) is 20.6 Å². The number of carbonyl (C=O) groups is 1. The summed E-state index contributed by atoms with van der Waals surface area (Å²) >= 11 is 0. The van der Waals surface area contributed by atoms with Crippen LogP contribution in [-0.2, 0) is 12.7 Å². The van der Waals surface area contributed by atoms with Crippen molar-refractivity contribution >= 4 is 28.3 Å². The lowest BCUT2D eigenvalue weighted by molar-refractivity contribution is -0.141. The number of halogens is 3. The molecule has 3 rings (SSSR count). The highest BCUT2D eigenvalue weighted by Gasteiger charge is 2.33. The molecule has 0 saturated carbocycles. The molecule has 1 aromatic carbocycles. The highest BCUT2D eigenvalue weighted by atomic mass is 19.4. The van der Waals surface area contributed by atoms with Crippen LogP contribution in [0.15, 0.2) is 47.4 Å². The average molecular weight is 461 g/mol. The topological polar surface area (TPSA) is 90.1 Å². The first-order valence-electron chi connectivity index (χ1n) is 10.7. The van der Waals surface area contributed by atoms with E-state index in [0.717, 1.165) is 18.9 Å². The summed E-state index contributed by atoms with van der Waals surface area (Å²) in [7, 11) is 0. The molecule has 0 bridgehead atoms. The maximum atomic E-state index is 13.3. The normalized spacial score (nSPS) is 11.4. The van der Waals surface area contributed by atoms with E-state index in [4.69, 9.17) is 0 Å². The number of aromatic amines is 1. The number of amides is 2. The molecule has 0 fully saturated rings. The minimum absolute atomic E-state index is 0.0123. The van der Waals surface area contributed by atoms with E-state index in [1.54, 1.807) is 29.2 Å². The van der Waals surface area contributed by atoms with Crippen molar-refractivity contribution in [2.45, 2.75) is 39.4 Å². The number of urea groups is 1. The fraction of sp³-hybridized carbons (Fsp3) is 0.348. The molecule has 0 aliphatic heterocycles. The zero-order valence-corrected chi connectivity index (χ0v) is 18.4. The van der Waals surface area contributed by atoms with Gasteiger partial charge in [-0.3, -0.25) is 4.79 Å². The van der Waals surface area contributed by atoms with Crippen LogP contribution in [0.5, 0.6) is 0 Å². The number of nitrogens with zero attached hydrogens (tertiary/aromatic N) is 2. The molecule has 3 N–H and O–H groups in total. The Morgan fingerprint density at radius 3 is 2.45 bits per heavy atom. The average Bonchev–Trinajstić information content (AvgIpc) is 2.77. The maximum absolute atomic E-state index is 13.3. The van der Waals surface area contributed by atoms with Crippen LogP contribution in [0.2, 0.25) is 0 Å². The van der Waals surface area contributed by atoms with Gasteiger partial charge in [-0.15, -0.1) is 0 Å². The first-order valence-corrected chi connectivity index (χ1v) is 10.7. The Balaban J connectivity index is 1.82. The standard InChI is InChI=1S/C23H26F3N5O2/c1-3-12-31(13-4-2)20-15(8-9-19(30-20)23(24,25)26)14-28-22(33)29-18-7-5-6-17-16(18)10-11-27-21(17)32/h5-11H,3-4,12-14H2,1-2H3,(H,27,32)(H2,28,29,33). The lowest BCUT2D eigenvalue weighted by atomic mass is 10.1. The van der Waals surface area contributed by atoms with Crippen molar-refractivity contribution in [3.63, 3.8) is 0 Å². The number of aromatic nitrogens is 2. The summed E-state index contributed by atoms with van der Waals surface area (Å²) in [5.74, 6) is 0.213. The Morgan fingerprint density at radius 2 is 1.79 bits per heavy atom. The minimum Gasteiger partial charge on any atom is -0.356 e. The minimum atomic E-state index is -4.56. The number of benzene rings is 1. The van der Waals surface area contributed by atoms with Crippen LogP contribution in [0.3, 0.4) is 0 Å². The van der Waals surface area contributed by atoms with Crippen LogP contribution in [0.1, 0.15) is 37.9 Å². The molecule has 2 amide bonds. The van der Waals surface area contributed by atoms with Gasteiger partial charge in [0.15, 0.2) is 0 Å². The Kier molecular flexibility index (Phi) is 7.57. The predicted octanol–water partition coefficient (Wildman–Crippen LogP) is 4.89. The van der Waals surface area contributed by atoms with Gasteiger partial charge in [0.25, 0.3) is 5.56 Å². The van der Waals surface area contributed by atoms with Crippen LogP contribution in [0.25, 0.3) is 10.8 Å². The van der Waals surface area contributed by atoms with Crippen LogP contribution in [-0.4, -0.2) is 29.1 Å². The van der Waals surface area contributed by atoms with Crippen molar-refractivity contribution in [3.05, 3.63) is 64.2 Å². The largest absolute Gasteiger partial charge is 0.433 e. The Bertz CT molecular complexity index is 1170. The van der Waals surface area contributed by atoms with Crippen molar-refractivity contribution in [2.24, 2.45) is 0 Å². The molecule has 2 heterocycles. The molecule has 0 aliphatic carbocycles. The molecule has 0 radical (unpaired) electrons. The highest BCUT2D eigenvalue weighted by Crippen LogP contribution is 2.31. The van der Waals surface area contributed by atoms with Crippen LogP contribution < -0.4 is 21.1 Å². The molecule has 0 saturated heterocycles. The summed E-state index contributed by atoms with van der Waals surface area (Å²) in [4.78, 5) is 32.8. The van der Waals surface area contributed by atoms with Gasteiger partial charge in [-0.25, -0.2) is 9.78 Å². The number of hydrogen-bond acceptors (Lipinski definition) is 4. The van der Waals surface area contributed by atoms with Gasteiger partial charge in [-0.05, 0) is 37.1 Å². The lowest BCUT2D eigenvalue weighted by Crippen LogP contribution is -2.32. The molecular formula is C23H26F3N5O2. The van der Waals surface area contributed by atoms with Gasteiger partial charge in [-0.1, -0.05) is 26.0 Å². The predicted molar refractivity (Wildman–Crippen MR) is 122 cm³/mol. The molecule has 0 unspecified atom stereocenters. The molecular weight excluding hydrogens is 435 g/mol. The SMILES string of the molecule is CCCN(CCC)c1nc(C(F)(F)F)ccc1CNC(=O)Nc1cccc2c(=O)[nH]ccc12. The molecule has 0 spiro atoms. The molecule has 33 heavy (non-hydrogen) atoms. The summed E-state index contributed by atoms with van der Waals surface area (Å²) in [5, 5.41) is 6.39. The summed E-state index contributed by atoms with van der Waals surface area (Å²) in [5.41, 5.74) is -0.317. The third-order valence-electron chi connectivity index (χ3n) is 5.04. The van der Waals surface area contributed by atoms with Gasteiger partial charge >= 0.3 is 12.2 Å². The second-order valence-corrected chi connectivity index (χ2v) is 7.55. The van der Waals surface area contributed by atoms with Gasteiger partial charge in [0.1, 0.15) is 11.5 Å². The smallest absolute Gasteiger partial charge is 0.356 e. The number of pyridine rings is 2. The molecule has 7 nitrogen and oxygen atoms in total. The van der Waals surface area contributed by atoms with Gasteiger partial charge < -0.3 is 20.5 Å². The number of nitrogens with one attached hydrogen (secondary N) is 3. The van der Waals surface area contributed by atoms with Gasteiger partial charge in [0, 0.05) is 42.2 Å². The van der Waals surface area contributed by atoms with E-state index in [1.165, 1.54) is 12.3 Å². The van der Waals surface area contributed by atoms with Crippen molar-refractivity contribution in [2.75, 3.05) is 23.3 Å². The zero-order chi connectivity index (χ0) is 24.0. The van der Waals surface area contributed by atoms with E-state index < -0.39 is 17.9 Å². The zero-order valence-electron chi connectivity index (χ0n) is 18.4. The van der Waals surface area contributed by atoms with Gasteiger partial charge in [0.05, 0.1) is 5.69 Å². The molecule has 2 aromatic heterocycles. The molecule has 3 aromatic rings. The summed E-state index contributed by atoms with van der Waals surface area (Å²) in [6.07, 6.45) is -1.59. The second kappa shape index (κ2) is 10.4. The van der Waals surface area contributed by atoms with Crippen LogP contribution in [0, 0.1) is 0 Å². The van der Waals surface area contributed by atoms with E-state index in [1.807, 2.05) is 13.8 Å². The van der Waals surface area contributed by atoms with E-state index in [0.29, 0.717) is 35.1 Å². The maximum Gasteiger partial charge on any atom is 0.433 e. The van der Waals surface area contributed by atoms with Crippen LogP contribution in [0.4, 0.5) is 29.5 Å². The molecule has 10 heteroatoms. The summed E-state index contributed by atoms with van der Waals surface area (Å²) in [6.45, 7) is 4.97.